The number of ether oxygens (including phenoxy) is 3. The maximum Gasteiger partial charge on any atom is 0.419 e. The van der Waals surface area contributed by atoms with E-state index in [1.165, 1.54) is 11.5 Å². The summed E-state index contributed by atoms with van der Waals surface area (Å²) in [5.41, 5.74) is -0.999. The molecule has 2 N–H and O–H groups in total. The van der Waals surface area contributed by atoms with Crippen LogP contribution in [0.15, 0.2) is 30.5 Å². The van der Waals surface area contributed by atoms with Crippen molar-refractivity contribution in [2.75, 3.05) is 0 Å². The normalized spacial score (nSPS) is 13.8. The molecule has 0 aliphatic rings. The Hall–Kier alpha value is -3.56. The summed E-state index contributed by atoms with van der Waals surface area (Å²) in [5.74, 6) is -1.24. The van der Waals surface area contributed by atoms with Gasteiger partial charge in [-0.3, -0.25) is 9.36 Å². The maximum absolute atomic E-state index is 13.1. The first-order chi connectivity index (χ1) is 17.3. The summed E-state index contributed by atoms with van der Waals surface area (Å²) < 4.78 is 17.7. The van der Waals surface area contributed by atoms with E-state index in [0.717, 1.165) is 5.39 Å². The minimum Gasteiger partial charge on any atom is -0.458 e. The van der Waals surface area contributed by atoms with Gasteiger partial charge in [0.25, 0.3) is 0 Å². The number of alkyl carbamates (subject to hydrolysis) is 1. The lowest BCUT2D eigenvalue weighted by atomic mass is 10.0. The Kier molecular flexibility index (Phi) is 9.24. The number of para-hydroxylation sites is 1. The van der Waals surface area contributed by atoms with Crippen LogP contribution in [0.3, 0.4) is 0 Å². The van der Waals surface area contributed by atoms with Gasteiger partial charge < -0.3 is 24.8 Å². The Morgan fingerprint density at radius 2 is 1.37 bits per heavy atom. The predicted molar refractivity (Wildman–Crippen MR) is 144 cm³/mol. The van der Waals surface area contributed by atoms with Crippen LogP contribution in [0.5, 0.6) is 0 Å². The molecular weight excluding hydrogens is 490 g/mol. The van der Waals surface area contributed by atoms with Gasteiger partial charge in [0.15, 0.2) is 0 Å². The van der Waals surface area contributed by atoms with Gasteiger partial charge in [0.05, 0.1) is 5.52 Å². The van der Waals surface area contributed by atoms with Crippen LogP contribution in [0.4, 0.5) is 9.59 Å². The quantitative estimate of drug-likeness (QED) is 0.409. The molecule has 0 saturated carbocycles. The summed E-state index contributed by atoms with van der Waals surface area (Å²) in [6.45, 7) is 17.1. The van der Waals surface area contributed by atoms with E-state index in [2.05, 4.69) is 10.6 Å². The molecule has 10 heteroatoms. The van der Waals surface area contributed by atoms with E-state index in [1.54, 1.807) is 80.6 Å². The van der Waals surface area contributed by atoms with Gasteiger partial charge in [-0.15, -0.1) is 0 Å². The zero-order valence-corrected chi connectivity index (χ0v) is 24.1. The lowest BCUT2D eigenvalue weighted by Gasteiger charge is -2.26. The molecular formula is C28H41N3O7. The molecule has 2 amide bonds. The first-order valence-electron chi connectivity index (χ1n) is 12.6. The van der Waals surface area contributed by atoms with E-state index in [1.807, 2.05) is 12.1 Å². The van der Waals surface area contributed by atoms with Gasteiger partial charge in [0, 0.05) is 18.0 Å². The first-order valence-corrected chi connectivity index (χ1v) is 12.6. The molecule has 1 aromatic heterocycles. The summed E-state index contributed by atoms with van der Waals surface area (Å²) in [6, 6.07) is 5.13. The summed E-state index contributed by atoms with van der Waals surface area (Å²) in [7, 11) is 0. The topological polar surface area (TPSA) is 125 Å². The van der Waals surface area contributed by atoms with Crippen molar-refractivity contribution in [1.29, 1.82) is 0 Å². The third kappa shape index (κ3) is 9.39. The van der Waals surface area contributed by atoms with Crippen molar-refractivity contribution in [2.24, 2.45) is 0 Å². The molecule has 0 aliphatic carbocycles. The number of aromatic nitrogens is 1. The van der Waals surface area contributed by atoms with Crippen LogP contribution in [0, 0.1) is 0 Å². The molecule has 38 heavy (non-hydrogen) atoms. The standard InChI is InChI=1S/C28H41N3O7/c1-17(29-24(34)37-27(5,6)7)22(32)30-20(23(33)36-26(2,3)4)15-18-16-31(25(35)38-28(8,9)10)21-14-12-11-13-19(18)21/h11-14,16-17,20H,15H2,1-10H3,(H,29,34)(H,30,32)/t17-,20-/m0/s1. The summed E-state index contributed by atoms with van der Waals surface area (Å²) in [4.78, 5) is 51.2. The smallest absolute Gasteiger partial charge is 0.419 e. The van der Waals surface area contributed by atoms with Crippen molar-refractivity contribution in [3.05, 3.63) is 36.0 Å². The molecule has 2 atom stereocenters. The minimum atomic E-state index is -1.09. The average Bonchev–Trinajstić information content (AvgIpc) is 3.08. The molecule has 1 heterocycles. The Labute approximate surface area is 224 Å². The zero-order valence-electron chi connectivity index (χ0n) is 24.1. The van der Waals surface area contributed by atoms with Crippen molar-refractivity contribution in [1.82, 2.24) is 15.2 Å². The third-order valence-corrected chi connectivity index (χ3v) is 4.94. The second-order valence-corrected chi connectivity index (χ2v) is 12.2. The number of carbonyl (C=O) groups excluding carboxylic acids is 4. The number of benzene rings is 1. The molecule has 2 rings (SSSR count). The number of rotatable bonds is 6. The van der Waals surface area contributed by atoms with E-state index in [0.29, 0.717) is 11.1 Å². The zero-order chi connectivity index (χ0) is 29.1. The fourth-order valence-electron chi connectivity index (χ4n) is 3.51. The largest absolute Gasteiger partial charge is 0.458 e. The Bertz CT molecular complexity index is 1180. The molecule has 0 bridgehead atoms. The molecule has 0 spiro atoms. The van der Waals surface area contributed by atoms with Crippen molar-refractivity contribution in [3.63, 3.8) is 0 Å². The molecule has 0 fully saturated rings. The number of esters is 1. The SMILES string of the molecule is C[C@H](NC(=O)OC(C)(C)C)C(=O)N[C@@H](Cc1cn(C(=O)OC(C)(C)C)c2ccccc12)C(=O)OC(C)(C)C. The fraction of sp³-hybridized carbons (Fsp3) is 0.571. The van der Waals surface area contributed by atoms with E-state index in [9.17, 15) is 19.2 Å². The molecule has 10 nitrogen and oxygen atoms in total. The summed E-state index contributed by atoms with van der Waals surface area (Å²) in [5, 5.41) is 5.88. The third-order valence-electron chi connectivity index (χ3n) is 4.94. The van der Waals surface area contributed by atoms with Gasteiger partial charge >= 0.3 is 18.2 Å². The van der Waals surface area contributed by atoms with Crippen LogP contribution in [-0.2, 0) is 30.2 Å². The van der Waals surface area contributed by atoms with Gasteiger partial charge in [0.1, 0.15) is 28.9 Å². The highest BCUT2D eigenvalue weighted by atomic mass is 16.6. The second kappa shape index (κ2) is 11.4. The van der Waals surface area contributed by atoms with Crippen molar-refractivity contribution < 1.29 is 33.4 Å². The number of amides is 2. The van der Waals surface area contributed by atoms with Gasteiger partial charge in [0.2, 0.25) is 5.91 Å². The lowest BCUT2D eigenvalue weighted by molar-refractivity contribution is -0.158. The average molecular weight is 532 g/mol. The number of hydrogen-bond donors (Lipinski definition) is 2. The van der Waals surface area contributed by atoms with Gasteiger partial charge in [-0.05, 0) is 80.9 Å². The number of carbonyl (C=O) groups is 4. The lowest BCUT2D eigenvalue weighted by Crippen LogP contribution is -2.52. The Morgan fingerprint density at radius 1 is 0.816 bits per heavy atom. The van der Waals surface area contributed by atoms with Crippen molar-refractivity contribution in [3.8, 4) is 0 Å². The molecule has 0 aliphatic heterocycles. The highest BCUT2D eigenvalue weighted by Crippen LogP contribution is 2.25. The molecule has 0 radical (unpaired) electrons. The summed E-state index contributed by atoms with van der Waals surface area (Å²) >= 11 is 0. The van der Waals surface area contributed by atoms with E-state index in [-0.39, 0.29) is 6.42 Å². The predicted octanol–water partition coefficient (Wildman–Crippen LogP) is 4.71. The van der Waals surface area contributed by atoms with Crippen LogP contribution in [0.25, 0.3) is 10.9 Å². The highest BCUT2D eigenvalue weighted by molar-refractivity contribution is 5.93. The number of nitrogens with one attached hydrogen (secondary N) is 2. The summed E-state index contributed by atoms with van der Waals surface area (Å²) in [6.07, 6.45) is 0.322. The van der Waals surface area contributed by atoms with Crippen LogP contribution < -0.4 is 10.6 Å². The molecule has 210 valence electrons. The van der Waals surface area contributed by atoms with E-state index in [4.69, 9.17) is 14.2 Å². The Morgan fingerprint density at radius 3 is 1.92 bits per heavy atom. The second-order valence-electron chi connectivity index (χ2n) is 12.2. The molecule has 1 aromatic carbocycles. The van der Waals surface area contributed by atoms with Crippen LogP contribution in [-0.4, -0.2) is 57.5 Å². The first kappa shape index (κ1) is 30.7. The fourth-order valence-corrected chi connectivity index (χ4v) is 3.51. The van der Waals surface area contributed by atoms with Crippen LogP contribution in [0.2, 0.25) is 0 Å². The van der Waals surface area contributed by atoms with Gasteiger partial charge in [-0.2, -0.15) is 0 Å². The Balaban J connectivity index is 2.36. The van der Waals surface area contributed by atoms with Crippen molar-refractivity contribution in [2.45, 2.75) is 105 Å². The van der Waals surface area contributed by atoms with Crippen LogP contribution in [0.1, 0.15) is 74.8 Å². The number of hydrogen-bond acceptors (Lipinski definition) is 7. The molecule has 0 unspecified atom stereocenters. The van der Waals surface area contributed by atoms with E-state index < -0.39 is 52.9 Å². The van der Waals surface area contributed by atoms with Gasteiger partial charge in [-0.25, -0.2) is 14.4 Å². The van der Waals surface area contributed by atoms with E-state index >= 15 is 0 Å². The minimum absolute atomic E-state index is 0.0378. The maximum atomic E-state index is 13.1. The van der Waals surface area contributed by atoms with Gasteiger partial charge in [-0.1, -0.05) is 18.2 Å². The number of fused-ring (bicyclic) bond motifs is 1. The monoisotopic (exact) mass is 531 g/mol. The highest BCUT2D eigenvalue weighted by Gasteiger charge is 2.31. The molecule has 2 aromatic rings. The van der Waals surface area contributed by atoms with Crippen LogP contribution >= 0.6 is 0 Å². The number of nitrogens with zero attached hydrogens (tertiary/aromatic N) is 1. The van der Waals surface area contributed by atoms with Crippen molar-refractivity contribution >= 4 is 35.0 Å². The molecule has 0 saturated heterocycles.